The van der Waals surface area contributed by atoms with Crippen molar-refractivity contribution in [3.8, 4) is 0 Å². The molecule has 13 heavy (non-hydrogen) atoms. The third-order valence-electron chi connectivity index (χ3n) is 1.39. The number of H-pyrrole nitrogens is 1. The Morgan fingerprint density at radius 1 is 1.54 bits per heavy atom. The van der Waals surface area contributed by atoms with E-state index in [0.717, 1.165) is 0 Å². The normalized spacial score (nSPS) is 10.2. The van der Waals surface area contributed by atoms with Crippen molar-refractivity contribution in [3.63, 3.8) is 0 Å². The predicted octanol–water partition coefficient (Wildman–Crippen LogP) is 0.561. The lowest BCUT2D eigenvalue weighted by atomic mass is 10.3. The molecule has 0 aromatic carbocycles. The minimum Gasteiger partial charge on any atom is -0.466 e. The molecule has 0 atom stereocenters. The molecular formula is C9H9NO3. The summed E-state index contributed by atoms with van der Waals surface area (Å²) in [6.45, 7) is 0. The maximum absolute atomic E-state index is 10.8. The minimum atomic E-state index is -0.454. The van der Waals surface area contributed by atoms with E-state index in [0.29, 0.717) is 5.69 Å². The van der Waals surface area contributed by atoms with Crippen LogP contribution in [0.4, 0.5) is 0 Å². The fourth-order valence-corrected chi connectivity index (χ4v) is 0.788. The number of ether oxygens (including phenoxy) is 1. The van der Waals surface area contributed by atoms with Crippen molar-refractivity contribution < 1.29 is 9.53 Å². The Bertz CT molecular complexity index is 378. The van der Waals surface area contributed by atoms with Crippen LogP contribution in [0.2, 0.25) is 0 Å². The number of carbonyl (C=O) groups excluding carboxylic acids is 1. The van der Waals surface area contributed by atoms with Crippen molar-refractivity contribution in [2.75, 3.05) is 7.11 Å². The monoisotopic (exact) mass is 179 g/mol. The maximum atomic E-state index is 10.8. The van der Waals surface area contributed by atoms with E-state index in [1.54, 1.807) is 12.1 Å². The lowest BCUT2D eigenvalue weighted by Crippen LogP contribution is -2.03. The minimum absolute atomic E-state index is 0.202. The van der Waals surface area contributed by atoms with Gasteiger partial charge in [-0.15, -0.1) is 0 Å². The zero-order valence-corrected chi connectivity index (χ0v) is 7.11. The van der Waals surface area contributed by atoms with Gasteiger partial charge in [-0.3, -0.25) is 4.79 Å². The average molecular weight is 179 g/mol. The molecule has 0 bridgehead atoms. The Balaban J connectivity index is 2.80. The van der Waals surface area contributed by atoms with Gasteiger partial charge in [-0.1, -0.05) is 6.07 Å². The first-order valence-electron chi connectivity index (χ1n) is 3.68. The molecular weight excluding hydrogens is 170 g/mol. The lowest BCUT2D eigenvalue weighted by molar-refractivity contribution is -0.134. The molecule has 1 heterocycles. The van der Waals surface area contributed by atoms with Gasteiger partial charge in [0.15, 0.2) is 0 Å². The number of aromatic nitrogens is 1. The van der Waals surface area contributed by atoms with Gasteiger partial charge in [-0.2, -0.15) is 0 Å². The van der Waals surface area contributed by atoms with Gasteiger partial charge in [0.05, 0.1) is 7.11 Å². The van der Waals surface area contributed by atoms with Crippen LogP contribution in [-0.4, -0.2) is 18.1 Å². The Morgan fingerprint density at radius 3 is 2.92 bits per heavy atom. The largest absolute Gasteiger partial charge is 0.466 e. The van der Waals surface area contributed by atoms with Crippen LogP contribution in [0.15, 0.2) is 29.1 Å². The van der Waals surface area contributed by atoms with Crippen molar-refractivity contribution in [1.29, 1.82) is 0 Å². The second kappa shape index (κ2) is 4.25. The van der Waals surface area contributed by atoms with Crippen molar-refractivity contribution in [2.45, 2.75) is 0 Å². The summed E-state index contributed by atoms with van der Waals surface area (Å²) in [7, 11) is 1.29. The molecule has 0 fully saturated rings. The molecule has 0 radical (unpaired) electrons. The highest BCUT2D eigenvalue weighted by Crippen LogP contribution is 1.93. The Kier molecular flexibility index (Phi) is 3.03. The number of nitrogens with one attached hydrogen (secondary N) is 1. The van der Waals surface area contributed by atoms with Gasteiger partial charge >= 0.3 is 5.97 Å². The quantitative estimate of drug-likeness (QED) is 0.533. The summed E-state index contributed by atoms with van der Waals surface area (Å²) in [4.78, 5) is 24.0. The Hall–Kier alpha value is -1.84. The van der Waals surface area contributed by atoms with Crippen molar-refractivity contribution >= 4 is 12.0 Å². The molecule has 4 heteroatoms. The molecule has 4 nitrogen and oxygen atoms in total. The first kappa shape index (κ1) is 9.25. The van der Waals surface area contributed by atoms with E-state index in [4.69, 9.17) is 0 Å². The van der Waals surface area contributed by atoms with E-state index in [9.17, 15) is 9.59 Å². The van der Waals surface area contributed by atoms with Gasteiger partial charge in [0.25, 0.3) is 0 Å². The molecule has 1 rings (SSSR count). The summed E-state index contributed by atoms with van der Waals surface area (Å²) in [5, 5.41) is 0. The topological polar surface area (TPSA) is 59.2 Å². The molecule has 0 spiro atoms. The predicted molar refractivity (Wildman–Crippen MR) is 48.1 cm³/mol. The molecule has 0 amide bonds. The third-order valence-corrected chi connectivity index (χ3v) is 1.39. The number of rotatable bonds is 2. The number of aromatic amines is 1. The van der Waals surface area contributed by atoms with Crippen molar-refractivity contribution in [1.82, 2.24) is 4.98 Å². The molecule has 0 aliphatic rings. The number of esters is 1. The van der Waals surface area contributed by atoms with Gasteiger partial charge in [0.2, 0.25) is 5.56 Å². The molecule has 0 saturated heterocycles. The summed E-state index contributed by atoms with van der Waals surface area (Å²) in [6.07, 6.45) is 2.72. The van der Waals surface area contributed by atoms with Gasteiger partial charge in [0, 0.05) is 17.8 Å². The van der Waals surface area contributed by atoms with E-state index in [1.807, 2.05) is 0 Å². The van der Waals surface area contributed by atoms with Crippen LogP contribution in [-0.2, 0) is 9.53 Å². The maximum Gasteiger partial charge on any atom is 0.330 e. The van der Waals surface area contributed by atoms with Crippen LogP contribution >= 0.6 is 0 Å². The summed E-state index contributed by atoms with van der Waals surface area (Å²) in [5.74, 6) is -0.454. The second-order valence-corrected chi connectivity index (χ2v) is 2.33. The number of hydrogen-bond donors (Lipinski definition) is 1. The van der Waals surface area contributed by atoms with E-state index in [-0.39, 0.29) is 5.56 Å². The molecule has 0 aliphatic carbocycles. The highest BCUT2D eigenvalue weighted by atomic mass is 16.5. The standard InChI is InChI=1S/C9H9NO3/c1-13-9(12)6-5-7-3-2-4-8(11)10-7/h2-6H,1H3,(H,10,11)/b6-5+. The first-order valence-corrected chi connectivity index (χ1v) is 3.68. The number of hydrogen-bond acceptors (Lipinski definition) is 3. The summed E-state index contributed by atoms with van der Waals surface area (Å²) in [5.41, 5.74) is 0.366. The molecule has 68 valence electrons. The Labute approximate surface area is 74.9 Å². The Morgan fingerprint density at radius 2 is 2.31 bits per heavy atom. The molecule has 0 aliphatic heterocycles. The highest BCUT2D eigenvalue weighted by Gasteiger charge is 1.91. The third kappa shape index (κ3) is 2.94. The molecule has 1 aromatic rings. The summed E-state index contributed by atoms with van der Waals surface area (Å²) >= 11 is 0. The van der Waals surface area contributed by atoms with Crippen LogP contribution < -0.4 is 5.56 Å². The number of pyridine rings is 1. The molecule has 0 saturated carbocycles. The van der Waals surface area contributed by atoms with E-state index < -0.39 is 5.97 Å². The second-order valence-electron chi connectivity index (χ2n) is 2.33. The van der Waals surface area contributed by atoms with E-state index in [2.05, 4.69) is 9.72 Å². The fraction of sp³-hybridized carbons (Fsp3) is 0.111. The molecule has 0 unspecified atom stereocenters. The van der Waals surface area contributed by atoms with Crippen LogP contribution in [0.25, 0.3) is 6.08 Å². The van der Waals surface area contributed by atoms with Crippen LogP contribution in [0.3, 0.4) is 0 Å². The zero-order chi connectivity index (χ0) is 9.68. The van der Waals surface area contributed by atoms with Crippen LogP contribution in [0, 0.1) is 0 Å². The van der Waals surface area contributed by atoms with Gasteiger partial charge in [-0.25, -0.2) is 4.79 Å². The summed E-state index contributed by atoms with van der Waals surface area (Å²) in [6, 6.07) is 4.69. The average Bonchev–Trinajstić information content (AvgIpc) is 2.14. The van der Waals surface area contributed by atoms with Crippen LogP contribution in [0.1, 0.15) is 5.69 Å². The number of carbonyl (C=O) groups is 1. The van der Waals surface area contributed by atoms with Gasteiger partial charge < -0.3 is 9.72 Å². The smallest absolute Gasteiger partial charge is 0.330 e. The van der Waals surface area contributed by atoms with Crippen molar-refractivity contribution in [3.05, 3.63) is 40.3 Å². The van der Waals surface area contributed by atoms with E-state index >= 15 is 0 Å². The number of methoxy groups -OCH3 is 1. The molecule has 1 N–H and O–H groups in total. The van der Waals surface area contributed by atoms with Gasteiger partial charge in [-0.05, 0) is 12.1 Å². The van der Waals surface area contributed by atoms with Crippen molar-refractivity contribution in [2.24, 2.45) is 0 Å². The first-order chi connectivity index (χ1) is 6.22. The highest BCUT2D eigenvalue weighted by molar-refractivity contribution is 5.86. The fourth-order valence-electron chi connectivity index (χ4n) is 0.788. The SMILES string of the molecule is COC(=O)/C=C/c1cccc(=O)[nH]1. The van der Waals surface area contributed by atoms with E-state index in [1.165, 1.54) is 25.3 Å². The lowest BCUT2D eigenvalue weighted by Gasteiger charge is -1.91. The van der Waals surface area contributed by atoms with Gasteiger partial charge in [0.1, 0.15) is 0 Å². The summed E-state index contributed by atoms with van der Waals surface area (Å²) < 4.78 is 4.38. The zero-order valence-electron chi connectivity index (χ0n) is 7.11. The molecule has 1 aromatic heterocycles. The van der Waals surface area contributed by atoms with Crippen LogP contribution in [0.5, 0.6) is 0 Å².